The number of aromatic nitrogens is 4. The number of rotatable bonds is 7. The minimum atomic E-state index is -0.0780. The molecule has 5 rings (SSSR count). The fourth-order valence-corrected chi connectivity index (χ4v) is 5.46. The van der Waals surface area contributed by atoms with Crippen LogP contribution in [-0.4, -0.2) is 68.4 Å². The molecule has 2 aromatic heterocycles. The van der Waals surface area contributed by atoms with Crippen molar-refractivity contribution in [1.82, 2.24) is 24.6 Å². The van der Waals surface area contributed by atoms with Gasteiger partial charge in [-0.15, -0.1) is 10.2 Å². The molecule has 3 heterocycles. The summed E-state index contributed by atoms with van der Waals surface area (Å²) in [5.74, 6) is 0.279. The van der Waals surface area contributed by atoms with Gasteiger partial charge in [-0.1, -0.05) is 53.4 Å². The summed E-state index contributed by atoms with van der Waals surface area (Å²) in [5, 5.41) is 12.2. The normalized spacial score (nSPS) is 13.9. The van der Waals surface area contributed by atoms with Crippen molar-refractivity contribution in [2.75, 3.05) is 42.1 Å². The fourth-order valence-electron chi connectivity index (χ4n) is 3.76. The van der Waals surface area contributed by atoms with Crippen molar-refractivity contribution in [3.05, 3.63) is 60.9 Å². The maximum absolute atomic E-state index is 12.8. The van der Waals surface area contributed by atoms with Crippen LogP contribution >= 0.6 is 23.1 Å². The minimum Gasteiger partial charge on any atom is -0.343 e. The quantitative estimate of drug-likeness (QED) is 0.396. The number of carbonyl (C=O) groups is 2. The van der Waals surface area contributed by atoms with Crippen molar-refractivity contribution in [1.29, 1.82) is 0 Å². The van der Waals surface area contributed by atoms with Gasteiger partial charge in [-0.3, -0.25) is 9.59 Å². The lowest BCUT2D eigenvalue weighted by atomic mass is 10.3. The molecule has 2 aromatic carbocycles. The lowest BCUT2D eigenvalue weighted by Crippen LogP contribution is -2.49. The number of benzene rings is 2. The molecule has 1 fully saturated rings. The van der Waals surface area contributed by atoms with Crippen LogP contribution in [-0.2, 0) is 16.1 Å². The number of imidazole rings is 1. The van der Waals surface area contributed by atoms with Gasteiger partial charge in [-0.05, 0) is 24.3 Å². The van der Waals surface area contributed by atoms with Crippen molar-refractivity contribution in [3.8, 4) is 0 Å². The number of para-hydroxylation sites is 3. The molecule has 0 atom stereocenters. The second-order valence-electron chi connectivity index (χ2n) is 7.78. The summed E-state index contributed by atoms with van der Waals surface area (Å²) in [6.07, 6.45) is 1.72. The molecule has 11 heteroatoms. The molecule has 0 radical (unpaired) electrons. The number of fused-ring (bicyclic) bond motifs is 1. The zero-order valence-corrected chi connectivity index (χ0v) is 20.0. The zero-order valence-electron chi connectivity index (χ0n) is 18.3. The zero-order chi connectivity index (χ0) is 23.3. The Kier molecular flexibility index (Phi) is 6.72. The third-order valence-corrected chi connectivity index (χ3v) is 7.63. The Hall–Kier alpha value is -3.44. The van der Waals surface area contributed by atoms with Gasteiger partial charge < -0.3 is 19.7 Å². The van der Waals surface area contributed by atoms with Crippen molar-refractivity contribution < 1.29 is 9.59 Å². The lowest BCUT2D eigenvalue weighted by Gasteiger charge is -2.34. The Morgan fingerprint density at radius 2 is 1.74 bits per heavy atom. The number of thioether (sulfide) groups is 1. The Balaban J connectivity index is 1.10. The molecule has 4 aromatic rings. The molecule has 0 saturated carbocycles. The van der Waals surface area contributed by atoms with Crippen molar-refractivity contribution in [3.63, 3.8) is 0 Å². The topological polar surface area (TPSA) is 96.3 Å². The molecule has 0 aliphatic carbocycles. The van der Waals surface area contributed by atoms with E-state index in [1.807, 2.05) is 64.1 Å². The van der Waals surface area contributed by atoms with E-state index in [0.29, 0.717) is 26.2 Å². The predicted octanol–water partition coefficient (Wildman–Crippen LogP) is 2.97. The van der Waals surface area contributed by atoms with Crippen molar-refractivity contribution >= 4 is 56.8 Å². The minimum absolute atomic E-state index is 0.0780. The number of carbonyl (C=O) groups excluding carboxylic acids is 2. The van der Waals surface area contributed by atoms with Gasteiger partial charge in [0.25, 0.3) is 0 Å². The second kappa shape index (κ2) is 10.2. The molecular formula is C23H23N7O2S2. The molecule has 1 N–H and O–H groups in total. The number of nitrogens with one attached hydrogen (secondary N) is 1. The highest BCUT2D eigenvalue weighted by Gasteiger charge is 2.24. The molecule has 1 aliphatic heterocycles. The number of hydrogen-bond donors (Lipinski definition) is 1. The maximum atomic E-state index is 12.8. The standard InChI is InChI=1S/C23H23N7O2S2/c31-20(25-17-6-2-1-3-7-17)15-33-23-27-26-22(34-23)29-12-10-28(11-13-29)21(32)14-30-16-24-18-8-4-5-9-19(18)30/h1-9,16H,10-15H2,(H,25,31). The van der Waals surface area contributed by atoms with Crippen LogP contribution in [0.5, 0.6) is 0 Å². The van der Waals surface area contributed by atoms with Crippen LogP contribution in [0.15, 0.2) is 65.3 Å². The van der Waals surface area contributed by atoms with Crippen LogP contribution < -0.4 is 10.2 Å². The smallest absolute Gasteiger partial charge is 0.242 e. The van der Waals surface area contributed by atoms with Gasteiger partial charge >= 0.3 is 0 Å². The fraction of sp³-hybridized carbons (Fsp3) is 0.261. The summed E-state index contributed by atoms with van der Waals surface area (Å²) in [6, 6.07) is 17.2. The third-order valence-electron chi connectivity index (χ3n) is 5.52. The van der Waals surface area contributed by atoms with E-state index in [9.17, 15) is 9.59 Å². The highest BCUT2D eigenvalue weighted by molar-refractivity contribution is 8.01. The molecule has 174 valence electrons. The van der Waals surface area contributed by atoms with E-state index in [-0.39, 0.29) is 24.1 Å². The van der Waals surface area contributed by atoms with Gasteiger partial charge in [-0.2, -0.15) is 0 Å². The molecule has 1 saturated heterocycles. The van der Waals surface area contributed by atoms with Crippen molar-refractivity contribution in [2.45, 2.75) is 10.9 Å². The first kappa shape index (κ1) is 22.4. The molecule has 0 bridgehead atoms. The first-order chi connectivity index (χ1) is 16.7. The Morgan fingerprint density at radius 1 is 0.971 bits per heavy atom. The molecule has 1 aliphatic rings. The van der Waals surface area contributed by atoms with E-state index in [2.05, 4.69) is 25.4 Å². The predicted molar refractivity (Wildman–Crippen MR) is 134 cm³/mol. The van der Waals surface area contributed by atoms with Crippen LogP contribution in [0.25, 0.3) is 11.0 Å². The number of nitrogens with zero attached hydrogens (tertiary/aromatic N) is 6. The lowest BCUT2D eigenvalue weighted by molar-refractivity contribution is -0.132. The maximum Gasteiger partial charge on any atom is 0.242 e. The van der Waals surface area contributed by atoms with E-state index < -0.39 is 0 Å². The summed E-state index contributed by atoms with van der Waals surface area (Å²) in [5.41, 5.74) is 2.63. The average molecular weight is 494 g/mol. The monoisotopic (exact) mass is 493 g/mol. The van der Waals surface area contributed by atoms with E-state index in [1.165, 1.54) is 23.1 Å². The average Bonchev–Trinajstić information content (AvgIpc) is 3.51. The van der Waals surface area contributed by atoms with E-state index in [0.717, 1.165) is 26.2 Å². The first-order valence-corrected chi connectivity index (χ1v) is 12.7. The largest absolute Gasteiger partial charge is 0.343 e. The van der Waals surface area contributed by atoms with E-state index in [1.54, 1.807) is 6.33 Å². The molecule has 2 amide bonds. The second-order valence-corrected chi connectivity index (χ2v) is 9.96. The Morgan fingerprint density at radius 3 is 2.56 bits per heavy atom. The Bertz CT molecular complexity index is 1280. The van der Waals surface area contributed by atoms with Gasteiger partial charge in [0.05, 0.1) is 23.1 Å². The molecule has 34 heavy (non-hydrogen) atoms. The Labute approximate surface area is 204 Å². The highest BCUT2D eigenvalue weighted by Crippen LogP contribution is 2.28. The summed E-state index contributed by atoms with van der Waals surface area (Å²) in [4.78, 5) is 33.4. The number of piperazine rings is 1. The summed E-state index contributed by atoms with van der Waals surface area (Å²) in [7, 11) is 0. The molecule has 0 unspecified atom stereocenters. The third kappa shape index (κ3) is 5.20. The van der Waals surface area contributed by atoms with Gasteiger partial charge in [0.2, 0.25) is 16.9 Å². The summed E-state index contributed by atoms with van der Waals surface area (Å²) >= 11 is 2.85. The SMILES string of the molecule is O=C(CSc1nnc(N2CCN(C(=O)Cn3cnc4ccccc43)CC2)s1)Nc1ccccc1. The van der Waals surface area contributed by atoms with Crippen LogP contribution in [0.1, 0.15) is 0 Å². The van der Waals surface area contributed by atoms with Crippen molar-refractivity contribution in [2.24, 2.45) is 0 Å². The summed E-state index contributed by atoms with van der Waals surface area (Å²) in [6.45, 7) is 2.94. The van der Waals surface area contributed by atoms with Crippen LogP contribution in [0.3, 0.4) is 0 Å². The van der Waals surface area contributed by atoms with Gasteiger partial charge in [0, 0.05) is 31.9 Å². The summed E-state index contributed by atoms with van der Waals surface area (Å²) < 4.78 is 2.65. The van der Waals surface area contributed by atoms with Crippen LogP contribution in [0.4, 0.5) is 10.8 Å². The number of amides is 2. The molecule has 0 spiro atoms. The van der Waals surface area contributed by atoms with Gasteiger partial charge in [-0.25, -0.2) is 4.98 Å². The highest BCUT2D eigenvalue weighted by atomic mass is 32.2. The van der Waals surface area contributed by atoms with Gasteiger partial charge in [0.1, 0.15) is 6.54 Å². The van der Waals surface area contributed by atoms with E-state index in [4.69, 9.17) is 0 Å². The number of hydrogen-bond acceptors (Lipinski definition) is 8. The van der Waals surface area contributed by atoms with Crippen LogP contribution in [0, 0.1) is 0 Å². The molecular weight excluding hydrogens is 470 g/mol. The first-order valence-electron chi connectivity index (χ1n) is 10.9. The number of anilines is 2. The van der Waals surface area contributed by atoms with E-state index >= 15 is 0 Å². The van der Waals surface area contributed by atoms with Gasteiger partial charge in [0.15, 0.2) is 4.34 Å². The van der Waals surface area contributed by atoms with Crippen LogP contribution in [0.2, 0.25) is 0 Å². The molecule has 9 nitrogen and oxygen atoms in total.